The van der Waals surface area contributed by atoms with Crippen LogP contribution in [-0.2, 0) is 6.54 Å². The highest BCUT2D eigenvalue weighted by Crippen LogP contribution is 2.28. The summed E-state index contributed by atoms with van der Waals surface area (Å²) in [6.07, 6.45) is 3.93. The number of hydrogen-bond donors (Lipinski definition) is 1. The van der Waals surface area contributed by atoms with Gasteiger partial charge in [-0.15, -0.1) is 5.10 Å². The molecule has 0 aliphatic carbocycles. The fourth-order valence-electron chi connectivity index (χ4n) is 3.58. The molecule has 146 valence electrons. The van der Waals surface area contributed by atoms with Crippen molar-refractivity contribution in [2.45, 2.75) is 32.4 Å². The predicted molar refractivity (Wildman–Crippen MR) is 112 cm³/mol. The van der Waals surface area contributed by atoms with Crippen LogP contribution in [-0.4, -0.2) is 39.1 Å². The van der Waals surface area contributed by atoms with E-state index in [1.807, 2.05) is 43.3 Å². The number of aryl methyl sites for hydroxylation is 1. The summed E-state index contributed by atoms with van der Waals surface area (Å²) in [5, 5.41) is 17.7. The van der Waals surface area contributed by atoms with Gasteiger partial charge in [0.25, 0.3) is 0 Å². The molecule has 1 aliphatic heterocycles. The molecule has 3 heterocycles. The number of nitrogens with one attached hydrogen (secondary N) is 1. The molecule has 6 nitrogen and oxygen atoms in total. The van der Waals surface area contributed by atoms with Gasteiger partial charge in [0.1, 0.15) is 5.15 Å². The summed E-state index contributed by atoms with van der Waals surface area (Å²) in [5.41, 5.74) is 2.69. The summed E-state index contributed by atoms with van der Waals surface area (Å²) in [7, 11) is 0. The Bertz CT molecular complexity index is 943. The molecular weight excluding hydrogens is 395 g/mol. The standard InChI is InChI=1S/C20H22Cl2N6/c1-14-16(20(22)28(26-14)18-8-3-2-7-17(18)21)12-23-15-6-5-11-27(13-15)19-9-4-10-24-25-19/h2-4,7-10,15,23H,5-6,11-13H2,1H3. The lowest BCUT2D eigenvalue weighted by atomic mass is 10.1. The Morgan fingerprint density at radius 1 is 1.18 bits per heavy atom. The number of piperidine rings is 1. The molecule has 28 heavy (non-hydrogen) atoms. The number of halogens is 2. The van der Waals surface area contributed by atoms with Crippen molar-refractivity contribution in [3.63, 3.8) is 0 Å². The number of para-hydroxylation sites is 1. The van der Waals surface area contributed by atoms with Crippen molar-refractivity contribution in [1.82, 2.24) is 25.3 Å². The predicted octanol–water partition coefficient (Wildman–Crippen LogP) is 4.04. The van der Waals surface area contributed by atoms with Crippen molar-refractivity contribution >= 4 is 29.0 Å². The van der Waals surface area contributed by atoms with Crippen LogP contribution in [0, 0.1) is 6.92 Å². The van der Waals surface area contributed by atoms with Crippen LogP contribution in [0.3, 0.4) is 0 Å². The van der Waals surface area contributed by atoms with Gasteiger partial charge in [0.15, 0.2) is 5.82 Å². The zero-order valence-corrected chi connectivity index (χ0v) is 17.2. The molecule has 1 saturated heterocycles. The maximum atomic E-state index is 6.65. The van der Waals surface area contributed by atoms with Crippen LogP contribution in [0.4, 0.5) is 5.82 Å². The van der Waals surface area contributed by atoms with Gasteiger partial charge < -0.3 is 10.2 Å². The molecular formula is C20H22Cl2N6. The minimum atomic E-state index is 0.356. The number of aromatic nitrogens is 4. The summed E-state index contributed by atoms with van der Waals surface area (Å²) in [6.45, 7) is 4.53. The molecule has 1 aliphatic rings. The van der Waals surface area contributed by atoms with E-state index in [0.717, 1.165) is 48.7 Å². The van der Waals surface area contributed by atoms with Gasteiger partial charge in [0, 0.05) is 37.4 Å². The van der Waals surface area contributed by atoms with E-state index in [1.54, 1.807) is 10.9 Å². The van der Waals surface area contributed by atoms with E-state index in [4.69, 9.17) is 23.2 Å². The molecule has 0 amide bonds. The zero-order valence-electron chi connectivity index (χ0n) is 15.6. The molecule has 0 radical (unpaired) electrons. The Kier molecular flexibility index (Phi) is 5.80. The summed E-state index contributed by atoms with van der Waals surface area (Å²) in [5.74, 6) is 0.926. The number of hydrogen-bond acceptors (Lipinski definition) is 5. The number of nitrogens with zero attached hydrogens (tertiary/aromatic N) is 5. The maximum Gasteiger partial charge on any atom is 0.151 e. The largest absolute Gasteiger partial charge is 0.354 e. The third kappa shape index (κ3) is 3.99. The van der Waals surface area contributed by atoms with E-state index in [1.165, 1.54) is 0 Å². The molecule has 0 saturated carbocycles. The minimum absolute atomic E-state index is 0.356. The molecule has 1 N–H and O–H groups in total. The highest BCUT2D eigenvalue weighted by atomic mass is 35.5. The smallest absolute Gasteiger partial charge is 0.151 e. The second-order valence-electron chi connectivity index (χ2n) is 6.97. The molecule has 0 bridgehead atoms. The first-order valence-electron chi connectivity index (χ1n) is 9.38. The van der Waals surface area contributed by atoms with Crippen LogP contribution >= 0.6 is 23.2 Å². The van der Waals surface area contributed by atoms with E-state index in [-0.39, 0.29) is 0 Å². The van der Waals surface area contributed by atoms with E-state index in [9.17, 15) is 0 Å². The molecule has 3 aromatic rings. The van der Waals surface area contributed by atoms with E-state index >= 15 is 0 Å². The molecule has 1 atom stereocenters. The average molecular weight is 417 g/mol. The second kappa shape index (κ2) is 8.47. The molecule has 8 heteroatoms. The molecule has 1 aromatic carbocycles. The Morgan fingerprint density at radius 3 is 2.82 bits per heavy atom. The van der Waals surface area contributed by atoms with Crippen LogP contribution in [0.2, 0.25) is 10.2 Å². The highest BCUT2D eigenvalue weighted by Gasteiger charge is 2.22. The van der Waals surface area contributed by atoms with Crippen LogP contribution in [0.5, 0.6) is 0 Å². The van der Waals surface area contributed by atoms with Crippen molar-refractivity contribution in [2.75, 3.05) is 18.0 Å². The summed E-state index contributed by atoms with van der Waals surface area (Å²) in [6, 6.07) is 11.9. The fourth-order valence-corrected chi connectivity index (χ4v) is 4.12. The van der Waals surface area contributed by atoms with E-state index in [2.05, 4.69) is 25.5 Å². The lowest BCUT2D eigenvalue weighted by molar-refractivity contribution is 0.419. The Labute approximate surface area is 174 Å². The van der Waals surface area contributed by atoms with Crippen LogP contribution in [0.25, 0.3) is 5.69 Å². The van der Waals surface area contributed by atoms with Crippen LogP contribution in [0.15, 0.2) is 42.6 Å². The summed E-state index contributed by atoms with van der Waals surface area (Å²) >= 11 is 13.0. The van der Waals surface area contributed by atoms with Crippen molar-refractivity contribution in [3.05, 3.63) is 64.0 Å². The molecule has 0 spiro atoms. The fraction of sp³-hybridized carbons (Fsp3) is 0.350. The maximum absolute atomic E-state index is 6.65. The minimum Gasteiger partial charge on any atom is -0.354 e. The van der Waals surface area contributed by atoms with Crippen molar-refractivity contribution < 1.29 is 0 Å². The van der Waals surface area contributed by atoms with Crippen LogP contribution < -0.4 is 10.2 Å². The van der Waals surface area contributed by atoms with Gasteiger partial charge in [-0.2, -0.15) is 10.2 Å². The average Bonchev–Trinajstić information content (AvgIpc) is 3.01. The van der Waals surface area contributed by atoms with Crippen molar-refractivity contribution in [2.24, 2.45) is 0 Å². The Morgan fingerprint density at radius 2 is 2.04 bits per heavy atom. The zero-order chi connectivity index (χ0) is 19.5. The van der Waals surface area contributed by atoms with Gasteiger partial charge in [-0.05, 0) is 44.0 Å². The topological polar surface area (TPSA) is 58.9 Å². The normalized spacial score (nSPS) is 17.1. The number of rotatable bonds is 5. The van der Waals surface area contributed by atoms with Gasteiger partial charge in [0.2, 0.25) is 0 Å². The number of anilines is 1. The first-order chi connectivity index (χ1) is 13.6. The van der Waals surface area contributed by atoms with Crippen LogP contribution in [0.1, 0.15) is 24.1 Å². The number of benzene rings is 1. The van der Waals surface area contributed by atoms with E-state index in [0.29, 0.717) is 22.8 Å². The van der Waals surface area contributed by atoms with Gasteiger partial charge in [-0.25, -0.2) is 4.68 Å². The third-order valence-electron chi connectivity index (χ3n) is 5.07. The lowest BCUT2D eigenvalue weighted by Crippen LogP contribution is -2.45. The monoisotopic (exact) mass is 416 g/mol. The molecule has 1 unspecified atom stereocenters. The highest BCUT2D eigenvalue weighted by molar-refractivity contribution is 6.33. The molecule has 1 fully saturated rings. The lowest BCUT2D eigenvalue weighted by Gasteiger charge is -2.33. The van der Waals surface area contributed by atoms with Gasteiger partial charge in [-0.1, -0.05) is 35.3 Å². The first-order valence-corrected chi connectivity index (χ1v) is 10.1. The SMILES string of the molecule is Cc1nn(-c2ccccc2Cl)c(Cl)c1CNC1CCCN(c2cccnn2)C1. The van der Waals surface area contributed by atoms with Crippen molar-refractivity contribution in [3.8, 4) is 5.69 Å². The van der Waals surface area contributed by atoms with E-state index < -0.39 is 0 Å². The second-order valence-corrected chi connectivity index (χ2v) is 7.73. The Hall–Kier alpha value is -2.15. The molecule has 2 aromatic heterocycles. The van der Waals surface area contributed by atoms with Crippen molar-refractivity contribution in [1.29, 1.82) is 0 Å². The van der Waals surface area contributed by atoms with Gasteiger partial charge >= 0.3 is 0 Å². The van der Waals surface area contributed by atoms with Gasteiger partial charge in [-0.3, -0.25) is 0 Å². The first kappa shape index (κ1) is 19.2. The summed E-state index contributed by atoms with van der Waals surface area (Å²) in [4.78, 5) is 2.27. The Balaban J connectivity index is 1.46. The quantitative estimate of drug-likeness (QED) is 0.679. The third-order valence-corrected chi connectivity index (χ3v) is 5.78. The summed E-state index contributed by atoms with van der Waals surface area (Å²) < 4.78 is 1.71. The van der Waals surface area contributed by atoms with Gasteiger partial charge in [0.05, 0.1) is 16.4 Å². The molecule has 4 rings (SSSR count).